The summed E-state index contributed by atoms with van der Waals surface area (Å²) in [7, 11) is 0. The van der Waals surface area contributed by atoms with Gasteiger partial charge in [-0.05, 0) is 23.8 Å². The summed E-state index contributed by atoms with van der Waals surface area (Å²) in [4.78, 5) is 16.7. The molecule has 2 N–H and O–H groups in total. The van der Waals surface area contributed by atoms with Crippen LogP contribution < -0.4 is 5.32 Å². The predicted octanol–water partition coefficient (Wildman–Crippen LogP) is 1.77. The zero-order chi connectivity index (χ0) is 14.4. The second-order valence-electron chi connectivity index (χ2n) is 5.70. The number of hydrogen-bond acceptors (Lipinski definition) is 3. The van der Waals surface area contributed by atoms with Crippen molar-refractivity contribution in [2.24, 2.45) is 0 Å². The number of nitrogens with one attached hydrogen (secondary N) is 2. The van der Waals surface area contributed by atoms with E-state index in [1.807, 2.05) is 0 Å². The van der Waals surface area contributed by atoms with E-state index in [1.165, 1.54) is 17.3 Å². The van der Waals surface area contributed by atoms with E-state index in [1.54, 1.807) is 12.1 Å². The average Bonchev–Trinajstić information content (AvgIpc) is 3.02. The molecule has 1 aromatic heterocycles. The number of alkyl carbamates (subject to hydrolysis) is 1. The van der Waals surface area contributed by atoms with Crippen LogP contribution in [0.4, 0.5) is 9.18 Å². The van der Waals surface area contributed by atoms with Crippen LogP contribution in [0.2, 0.25) is 0 Å². The lowest BCUT2D eigenvalue weighted by Crippen LogP contribution is -2.41. The molecule has 0 spiro atoms. The van der Waals surface area contributed by atoms with Gasteiger partial charge in [0.25, 0.3) is 0 Å². The van der Waals surface area contributed by atoms with Gasteiger partial charge in [0.2, 0.25) is 0 Å². The second kappa shape index (κ2) is 4.73. The number of hydrogen-bond donors (Lipinski definition) is 2. The molecule has 21 heavy (non-hydrogen) atoms. The van der Waals surface area contributed by atoms with Gasteiger partial charge >= 0.3 is 6.09 Å². The maximum Gasteiger partial charge on any atom is 0.407 e. The number of cyclic esters (lactones) is 1. The molecule has 2 aliphatic rings. The number of carbonyl (C=O) groups is 1. The molecule has 5 nitrogen and oxygen atoms in total. The van der Waals surface area contributed by atoms with Crippen LogP contribution in [0.25, 0.3) is 10.9 Å². The Morgan fingerprint density at radius 3 is 3.14 bits per heavy atom. The maximum absolute atomic E-state index is 13.5. The number of halogens is 1. The number of amides is 1. The van der Waals surface area contributed by atoms with Crippen LogP contribution in [0.1, 0.15) is 11.3 Å². The van der Waals surface area contributed by atoms with Crippen LogP contribution in [0.5, 0.6) is 0 Å². The number of aromatic amines is 1. The fourth-order valence-corrected chi connectivity index (χ4v) is 3.23. The minimum absolute atomic E-state index is 0.0426. The number of rotatable bonds is 2. The highest BCUT2D eigenvalue weighted by molar-refractivity contribution is 5.85. The molecular weight excluding hydrogens is 273 g/mol. The van der Waals surface area contributed by atoms with Crippen LogP contribution >= 0.6 is 0 Å². The van der Waals surface area contributed by atoms with E-state index in [9.17, 15) is 9.18 Å². The summed E-state index contributed by atoms with van der Waals surface area (Å²) in [5, 5.41) is 3.75. The molecule has 1 fully saturated rings. The Bertz CT molecular complexity index is 712. The fourth-order valence-electron chi connectivity index (χ4n) is 3.23. The summed E-state index contributed by atoms with van der Waals surface area (Å²) in [6.45, 7) is 2.87. The molecule has 3 heterocycles. The smallest absolute Gasteiger partial charge is 0.407 e. The molecule has 1 aromatic carbocycles. The first-order chi connectivity index (χ1) is 10.2. The van der Waals surface area contributed by atoms with E-state index < -0.39 is 0 Å². The van der Waals surface area contributed by atoms with Crippen molar-refractivity contribution >= 4 is 17.0 Å². The number of H-pyrrole nitrogens is 1. The van der Waals surface area contributed by atoms with Crippen LogP contribution in [-0.4, -0.2) is 41.7 Å². The van der Waals surface area contributed by atoms with Crippen molar-refractivity contribution in [2.45, 2.75) is 19.0 Å². The van der Waals surface area contributed by atoms with Gasteiger partial charge in [0, 0.05) is 42.7 Å². The largest absolute Gasteiger partial charge is 0.447 e. The molecular formula is C15H16FN3O2. The standard InChI is InChI=1S/C15H16FN3O2/c16-9-1-2-13-11(5-9)12-7-19(4-3-14(12)18-13)6-10-8-21-15(20)17-10/h1-2,5,10,18H,3-4,6-8H2,(H,17,20)/t10-/m0/s1. The summed E-state index contributed by atoms with van der Waals surface area (Å²) in [6, 6.07) is 4.90. The molecule has 6 heteroatoms. The molecule has 110 valence electrons. The highest BCUT2D eigenvalue weighted by atomic mass is 19.1. The van der Waals surface area contributed by atoms with Gasteiger partial charge in [0.05, 0.1) is 6.04 Å². The van der Waals surface area contributed by atoms with Crippen molar-refractivity contribution in [3.63, 3.8) is 0 Å². The maximum atomic E-state index is 13.5. The molecule has 2 aromatic rings. The normalized spacial score (nSPS) is 22.1. The Hall–Kier alpha value is -2.08. The van der Waals surface area contributed by atoms with Crippen LogP contribution in [0.3, 0.4) is 0 Å². The highest BCUT2D eigenvalue weighted by Crippen LogP contribution is 2.28. The molecule has 4 rings (SSSR count). The van der Waals surface area contributed by atoms with Crippen LogP contribution in [0.15, 0.2) is 18.2 Å². The number of ether oxygens (including phenoxy) is 1. The summed E-state index contributed by atoms with van der Waals surface area (Å²) in [6.07, 6.45) is 0.569. The summed E-state index contributed by atoms with van der Waals surface area (Å²) < 4.78 is 18.4. The van der Waals surface area contributed by atoms with Crippen molar-refractivity contribution in [3.8, 4) is 0 Å². The van der Waals surface area contributed by atoms with Crippen molar-refractivity contribution in [3.05, 3.63) is 35.3 Å². The van der Waals surface area contributed by atoms with Gasteiger partial charge in [-0.2, -0.15) is 0 Å². The summed E-state index contributed by atoms with van der Waals surface area (Å²) in [5.41, 5.74) is 3.35. The Morgan fingerprint density at radius 1 is 1.43 bits per heavy atom. The molecule has 0 radical (unpaired) electrons. The lowest BCUT2D eigenvalue weighted by molar-refractivity contribution is 0.173. The number of aromatic nitrogens is 1. The van der Waals surface area contributed by atoms with Gasteiger partial charge < -0.3 is 15.0 Å². The summed E-state index contributed by atoms with van der Waals surface area (Å²) in [5.74, 6) is -0.210. The molecule has 0 saturated carbocycles. The van der Waals surface area contributed by atoms with Crippen molar-refractivity contribution < 1.29 is 13.9 Å². The topological polar surface area (TPSA) is 57.4 Å². The molecule has 1 atom stereocenters. The minimum Gasteiger partial charge on any atom is -0.447 e. The van der Waals surface area contributed by atoms with Crippen LogP contribution in [0, 0.1) is 5.82 Å². The van der Waals surface area contributed by atoms with E-state index in [2.05, 4.69) is 15.2 Å². The quantitative estimate of drug-likeness (QED) is 0.886. The van der Waals surface area contributed by atoms with Crippen LogP contribution in [-0.2, 0) is 17.7 Å². The Kier molecular flexibility index (Phi) is 2.85. The third kappa shape index (κ3) is 2.25. The van der Waals surface area contributed by atoms with Gasteiger partial charge in [-0.1, -0.05) is 0 Å². The molecule has 0 bridgehead atoms. The van der Waals surface area contributed by atoms with E-state index >= 15 is 0 Å². The molecule has 0 aliphatic carbocycles. The molecule has 1 amide bonds. The Balaban J connectivity index is 1.57. The van der Waals surface area contributed by atoms with Crippen molar-refractivity contribution in [1.29, 1.82) is 0 Å². The van der Waals surface area contributed by atoms with E-state index in [0.717, 1.165) is 37.0 Å². The zero-order valence-electron chi connectivity index (χ0n) is 11.5. The van der Waals surface area contributed by atoms with Crippen molar-refractivity contribution in [1.82, 2.24) is 15.2 Å². The number of benzene rings is 1. The summed E-state index contributed by atoms with van der Waals surface area (Å²) >= 11 is 0. The predicted molar refractivity (Wildman–Crippen MR) is 75.5 cm³/mol. The number of carbonyl (C=O) groups excluding carboxylic acids is 1. The molecule has 0 unspecified atom stereocenters. The van der Waals surface area contributed by atoms with Gasteiger partial charge in [-0.25, -0.2) is 9.18 Å². The van der Waals surface area contributed by atoms with Gasteiger partial charge in [0.1, 0.15) is 12.4 Å². The third-order valence-corrected chi connectivity index (χ3v) is 4.23. The average molecular weight is 289 g/mol. The van der Waals surface area contributed by atoms with E-state index in [-0.39, 0.29) is 18.0 Å². The first-order valence-electron chi connectivity index (χ1n) is 7.13. The molecule has 2 aliphatic heterocycles. The van der Waals surface area contributed by atoms with E-state index in [4.69, 9.17) is 4.74 Å². The van der Waals surface area contributed by atoms with E-state index in [0.29, 0.717) is 6.61 Å². The first-order valence-corrected chi connectivity index (χ1v) is 7.13. The molecule has 1 saturated heterocycles. The zero-order valence-corrected chi connectivity index (χ0v) is 11.5. The Labute approximate surface area is 121 Å². The monoisotopic (exact) mass is 289 g/mol. The SMILES string of the molecule is O=C1N[C@@H](CN2CCc3[nH]c4ccc(F)cc4c3C2)CO1. The number of fused-ring (bicyclic) bond motifs is 3. The third-order valence-electron chi connectivity index (χ3n) is 4.23. The first kappa shape index (κ1) is 12.6. The van der Waals surface area contributed by atoms with Gasteiger partial charge in [0.15, 0.2) is 0 Å². The fraction of sp³-hybridized carbons (Fsp3) is 0.400. The van der Waals surface area contributed by atoms with Crippen molar-refractivity contribution in [2.75, 3.05) is 19.7 Å². The van der Waals surface area contributed by atoms with Gasteiger partial charge in [-0.3, -0.25) is 4.90 Å². The minimum atomic E-state index is -0.341. The lowest BCUT2D eigenvalue weighted by Gasteiger charge is -2.28. The lowest BCUT2D eigenvalue weighted by atomic mass is 10.0. The number of nitrogens with zero attached hydrogens (tertiary/aromatic N) is 1. The highest BCUT2D eigenvalue weighted by Gasteiger charge is 2.27. The Morgan fingerprint density at radius 2 is 2.33 bits per heavy atom. The second-order valence-corrected chi connectivity index (χ2v) is 5.70. The van der Waals surface area contributed by atoms with Gasteiger partial charge in [-0.15, -0.1) is 0 Å².